The Morgan fingerprint density at radius 2 is 1.88 bits per heavy atom. The summed E-state index contributed by atoms with van der Waals surface area (Å²) in [5, 5.41) is 13.7. The molecule has 1 N–H and O–H groups in total. The van der Waals surface area contributed by atoms with Gasteiger partial charge in [0.1, 0.15) is 4.90 Å². The number of carbonyl (C=O) groups is 1. The van der Waals surface area contributed by atoms with E-state index in [4.69, 9.17) is 0 Å². The minimum atomic E-state index is -3.77. The molecule has 0 atom stereocenters. The van der Waals surface area contributed by atoms with Crippen molar-refractivity contribution < 1.29 is 18.1 Å². The van der Waals surface area contributed by atoms with Crippen LogP contribution in [-0.4, -0.2) is 25.5 Å². The predicted molar refractivity (Wildman–Crippen MR) is 93.0 cm³/mol. The number of nitrogens with zero attached hydrogens (tertiary/aromatic N) is 1. The first kappa shape index (κ1) is 18.1. The Balaban J connectivity index is 2.40. The lowest BCUT2D eigenvalue weighted by Crippen LogP contribution is -2.13. The van der Waals surface area contributed by atoms with Crippen LogP contribution in [0.4, 0.5) is 11.4 Å². The quantitative estimate of drug-likeness (QED) is 0.611. The minimum absolute atomic E-state index is 0.0124. The molecule has 7 nitrogen and oxygen atoms in total. The maximum absolute atomic E-state index is 12.3. The molecule has 24 heavy (non-hydrogen) atoms. The van der Waals surface area contributed by atoms with Gasteiger partial charge in [-0.1, -0.05) is 6.07 Å². The van der Waals surface area contributed by atoms with Gasteiger partial charge >= 0.3 is 0 Å². The van der Waals surface area contributed by atoms with Gasteiger partial charge in [-0.25, -0.2) is 8.42 Å². The van der Waals surface area contributed by atoms with E-state index in [1.54, 1.807) is 12.1 Å². The number of benzene rings is 2. The summed E-state index contributed by atoms with van der Waals surface area (Å²) in [4.78, 5) is 22.1. The number of rotatable bonds is 4. The summed E-state index contributed by atoms with van der Waals surface area (Å²) in [5.41, 5.74) is 0.850. The fraction of sp³-hybridized carbons (Fsp3) is 0.133. The second-order valence-electron chi connectivity index (χ2n) is 5.15. The van der Waals surface area contributed by atoms with Crippen molar-refractivity contribution in [2.75, 3.05) is 11.6 Å². The molecule has 0 saturated carbocycles. The van der Waals surface area contributed by atoms with Gasteiger partial charge in [0.25, 0.3) is 11.6 Å². The molecule has 126 valence electrons. The van der Waals surface area contributed by atoms with E-state index < -0.39 is 31.3 Å². The molecule has 0 aliphatic carbocycles. The smallest absolute Gasteiger partial charge is 0.288 e. The number of nitro groups is 1. The first-order valence-corrected chi connectivity index (χ1v) is 9.34. The molecule has 0 aliphatic rings. The Bertz CT molecular complexity index is 941. The Kier molecular flexibility index (Phi) is 5.05. The van der Waals surface area contributed by atoms with E-state index in [1.165, 1.54) is 6.07 Å². The molecule has 0 saturated heterocycles. The fourth-order valence-corrected chi connectivity index (χ4v) is 3.45. The summed E-state index contributed by atoms with van der Waals surface area (Å²) in [6, 6.07) is 8.55. The number of halogens is 1. The monoisotopic (exact) mass is 412 g/mol. The number of nitrogens with one attached hydrogen (secondary N) is 1. The molecular weight excluding hydrogens is 400 g/mol. The average Bonchev–Trinajstić information content (AvgIpc) is 2.48. The van der Waals surface area contributed by atoms with E-state index in [-0.39, 0.29) is 5.56 Å². The first-order valence-electron chi connectivity index (χ1n) is 6.65. The largest absolute Gasteiger partial charge is 0.321 e. The van der Waals surface area contributed by atoms with E-state index in [1.807, 2.05) is 13.0 Å². The van der Waals surface area contributed by atoms with Crippen LogP contribution in [0.5, 0.6) is 0 Å². The average molecular weight is 413 g/mol. The highest BCUT2D eigenvalue weighted by Crippen LogP contribution is 2.27. The van der Waals surface area contributed by atoms with E-state index >= 15 is 0 Å². The number of hydrogen-bond acceptors (Lipinski definition) is 5. The first-order chi connectivity index (χ1) is 11.1. The van der Waals surface area contributed by atoms with Crippen LogP contribution in [0.2, 0.25) is 0 Å². The molecule has 1 amide bonds. The predicted octanol–water partition coefficient (Wildman–Crippen LogP) is 3.32. The van der Waals surface area contributed by atoms with Gasteiger partial charge in [0.05, 0.1) is 10.6 Å². The fourth-order valence-electron chi connectivity index (χ4n) is 2.03. The van der Waals surface area contributed by atoms with Gasteiger partial charge in [-0.15, -0.1) is 0 Å². The Morgan fingerprint density at radius 3 is 2.42 bits per heavy atom. The normalized spacial score (nSPS) is 11.1. The zero-order chi connectivity index (χ0) is 18.1. The summed E-state index contributed by atoms with van der Waals surface area (Å²) in [6.45, 7) is 1.89. The molecule has 2 aromatic carbocycles. The number of anilines is 1. The topological polar surface area (TPSA) is 106 Å². The highest BCUT2D eigenvalue weighted by Gasteiger charge is 2.24. The van der Waals surface area contributed by atoms with Crippen molar-refractivity contribution in [1.29, 1.82) is 0 Å². The van der Waals surface area contributed by atoms with Gasteiger partial charge in [0.2, 0.25) is 0 Å². The number of nitro benzene ring substituents is 1. The van der Waals surface area contributed by atoms with Gasteiger partial charge in [-0.3, -0.25) is 14.9 Å². The second-order valence-corrected chi connectivity index (χ2v) is 7.99. The maximum atomic E-state index is 12.3. The highest BCUT2D eigenvalue weighted by atomic mass is 79.9. The Labute approximate surface area is 146 Å². The number of sulfone groups is 1. The van der Waals surface area contributed by atoms with Crippen LogP contribution in [0.1, 0.15) is 15.9 Å². The molecule has 0 heterocycles. The van der Waals surface area contributed by atoms with Crippen LogP contribution in [0, 0.1) is 17.0 Å². The van der Waals surface area contributed by atoms with Crippen molar-refractivity contribution in [3.05, 3.63) is 62.1 Å². The van der Waals surface area contributed by atoms with Crippen LogP contribution in [0.25, 0.3) is 0 Å². The summed E-state index contributed by atoms with van der Waals surface area (Å²) in [6.07, 6.45) is 0.874. The zero-order valence-corrected chi connectivity index (χ0v) is 15.1. The van der Waals surface area contributed by atoms with Gasteiger partial charge in [0.15, 0.2) is 9.84 Å². The van der Waals surface area contributed by atoms with Crippen LogP contribution in [0.3, 0.4) is 0 Å². The molecule has 9 heteroatoms. The number of hydrogen-bond donors (Lipinski definition) is 1. The molecular formula is C15H13BrN2O5S. The van der Waals surface area contributed by atoms with Crippen molar-refractivity contribution in [3.63, 3.8) is 0 Å². The number of amides is 1. The highest BCUT2D eigenvalue weighted by molar-refractivity contribution is 9.10. The summed E-state index contributed by atoms with van der Waals surface area (Å²) >= 11 is 3.32. The number of aryl methyl sites for hydroxylation is 1. The van der Waals surface area contributed by atoms with Crippen LogP contribution < -0.4 is 5.32 Å². The Hall–Kier alpha value is -2.26. The van der Waals surface area contributed by atoms with Crippen LogP contribution >= 0.6 is 15.9 Å². The van der Waals surface area contributed by atoms with Gasteiger partial charge in [0, 0.05) is 22.4 Å². The lowest BCUT2D eigenvalue weighted by Gasteiger charge is -2.09. The standard InChI is InChI=1S/C15H13BrN2O5S/c1-9-3-5-12(11(16)7-9)17-15(19)10-4-6-14(24(2,22)23)13(8-10)18(20)21/h3-8H,1-2H3,(H,17,19). The van der Waals surface area contributed by atoms with E-state index in [0.29, 0.717) is 10.2 Å². The Morgan fingerprint density at radius 1 is 1.21 bits per heavy atom. The number of carbonyl (C=O) groups excluding carboxylic acids is 1. The third-order valence-corrected chi connectivity index (χ3v) is 4.99. The second kappa shape index (κ2) is 6.70. The third kappa shape index (κ3) is 3.98. The molecule has 0 spiro atoms. The summed E-state index contributed by atoms with van der Waals surface area (Å²) < 4.78 is 23.9. The molecule has 0 aromatic heterocycles. The van der Waals surface area contributed by atoms with Crippen LogP contribution in [-0.2, 0) is 9.84 Å². The van der Waals surface area contributed by atoms with E-state index in [9.17, 15) is 23.3 Å². The van der Waals surface area contributed by atoms with E-state index in [0.717, 1.165) is 24.0 Å². The molecule has 0 bridgehead atoms. The van der Waals surface area contributed by atoms with Crippen molar-refractivity contribution >= 4 is 43.0 Å². The molecule has 0 fully saturated rings. The van der Waals surface area contributed by atoms with Gasteiger partial charge < -0.3 is 5.32 Å². The SMILES string of the molecule is Cc1ccc(NC(=O)c2ccc(S(C)(=O)=O)c([N+](=O)[O-])c2)c(Br)c1. The van der Waals surface area contributed by atoms with Crippen molar-refractivity contribution in [1.82, 2.24) is 0 Å². The minimum Gasteiger partial charge on any atom is -0.321 e. The molecule has 0 unspecified atom stereocenters. The van der Waals surface area contributed by atoms with Crippen molar-refractivity contribution in [2.24, 2.45) is 0 Å². The lowest BCUT2D eigenvalue weighted by molar-refractivity contribution is -0.387. The molecule has 2 aromatic rings. The zero-order valence-electron chi connectivity index (χ0n) is 12.7. The van der Waals surface area contributed by atoms with Gasteiger partial charge in [-0.05, 0) is 52.7 Å². The van der Waals surface area contributed by atoms with E-state index in [2.05, 4.69) is 21.2 Å². The van der Waals surface area contributed by atoms with Crippen molar-refractivity contribution in [2.45, 2.75) is 11.8 Å². The summed E-state index contributed by atoms with van der Waals surface area (Å²) in [5.74, 6) is -0.581. The lowest BCUT2D eigenvalue weighted by atomic mass is 10.1. The third-order valence-electron chi connectivity index (χ3n) is 3.19. The molecule has 0 radical (unpaired) electrons. The maximum Gasteiger partial charge on any atom is 0.288 e. The molecule has 2 rings (SSSR count). The van der Waals surface area contributed by atoms with Crippen molar-refractivity contribution in [3.8, 4) is 0 Å². The van der Waals surface area contributed by atoms with Crippen LogP contribution in [0.15, 0.2) is 45.8 Å². The van der Waals surface area contributed by atoms with Gasteiger partial charge in [-0.2, -0.15) is 0 Å². The summed E-state index contributed by atoms with van der Waals surface area (Å²) in [7, 11) is -3.77. The molecule has 0 aliphatic heterocycles.